The van der Waals surface area contributed by atoms with E-state index in [0.717, 1.165) is 32.8 Å². The molecule has 1 aliphatic heterocycles. The molecule has 2 atom stereocenters. The summed E-state index contributed by atoms with van der Waals surface area (Å²) in [5, 5.41) is 3.56. The van der Waals surface area contributed by atoms with Crippen molar-refractivity contribution in [2.45, 2.75) is 39.3 Å². The lowest BCUT2D eigenvalue weighted by molar-refractivity contribution is 0.112. The quantitative estimate of drug-likeness (QED) is 0.695. The number of hydrogen-bond donors (Lipinski definition) is 1. The molecule has 0 bridgehead atoms. The van der Waals surface area contributed by atoms with Crippen LogP contribution in [0.4, 0.5) is 0 Å². The van der Waals surface area contributed by atoms with Gasteiger partial charge in [-0.15, -0.1) is 0 Å². The van der Waals surface area contributed by atoms with Crippen LogP contribution < -0.4 is 5.32 Å². The number of nitrogens with one attached hydrogen (secondary N) is 1. The molecular weight excluding hydrogens is 176 g/mol. The second-order valence-electron chi connectivity index (χ2n) is 3.95. The molecule has 3 heteroatoms. The van der Waals surface area contributed by atoms with E-state index < -0.39 is 0 Å². The molecule has 1 fully saturated rings. The standard InChI is InChI=1S/C11H24N2O/c1-4-13(5-2)8-7-12-11-6-9-14-10(11)3/h10-12H,4-9H2,1-3H3/t10-,11+/m0/s1. The molecule has 1 N–H and O–H groups in total. The first-order valence-electron chi connectivity index (χ1n) is 5.85. The van der Waals surface area contributed by atoms with Crippen LogP contribution in [-0.4, -0.2) is 49.8 Å². The van der Waals surface area contributed by atoms with Gasteiger partial charge in [-0.1, -0.05) is 13.8 Å². The molecule has 0 aromatic rings. The highest BCUT2D eigenvalue weighted by molar-refractivity contribution is 4.79. The number of likely N-dealkylation sites (N-methyl/N-ethyl adjacent to an activating group) is 1. The number of ether oxygens (including phenoxy) is 1. The van der Waals surface area contributed by atoms with Crippen LogP contribution in [0.3, 0.4) is 0 Å². The first-order valence-corrected chi connectivity index (χ1v) is 5.85. The van der Waals surface area contributed by atoms with Crippen molar-refractivity contribution in [1.82, 2.24) is 10.2 Å². The lowest BCUT2D eigenvalue weighted by Crippen LogP contribution is -2.40. The molecule has 1 saturated heterocycles. The van der Waals surface area contributed by atoms with Gasteiger partial charge < -0.3 is 15.0 Å². The number of nitrogens with zero attached hydrogens (tertiary/aromatic N) is 1. The highest BCUT2D eigenvalue weighted by atomic mass is 16.5. The van der Waals surface area contributed by atoms with Crippen LogP contribution >= 0.6 is 0 Å². The Morgan fingerprint density at radius 3 is 2.57 bits per heavy atom. The third-order valence-electron chi connectivity index (χ3n) is 3.11. The molecule has 1 aliphatic rings. The van der Waals surface area contributed by atoms with E-state index in [2.05, 4.69) is 31.0 Å². The monoisotopic (exact) mass is 200 g/mol. The minimum Gasteiger partial charge on any atom is -0.377 e. The van der Waals surface area contributed by atoms with E-state index in [-0.39, 0.29) is 0 Å². The predicted octanol–water partition coefficient (Wildman–Crippen LogP) is 1.10. The normalized spacial score (nSPS) is 27.4. The van der Waals surface area contributed by atoms with Crippen LogP contribution in [-0.2, 0) is 4.74 Å². The average Bonchev–Trinajstić information content (AvgIpc) is 2.59. The van der Waals surface area contributed by atoms with Gasteiger partial charge in [0, 0.05) is 25.7 Å². The summed E-state index contributed by atoms with van der Waals surface area (Å²) in [4.78, 5) is 2.44. The van der Waals surface area contributed by atoms with E-state index in [0.29, 0.717) is 12.1 Å². The van der Waals surface area contributed by atoms with Gasteiger partial charge in [-0.25, -0.2) is 0 Å². The highest BCUT2D eigenvalue weighted by Gasteiger charge is 2.22. The van der Waals surface area contributed by atoms with Gasteiger partial charge in [0.1, 0.15) is 0 Å². The van der Waals surface area contributed by atoms with Crippen molar-refractivity contribution in [2.75, 3.05) is 32.8 Å². The molecule has 0 saturated carbocycles. The topological polar surface area (TPSA) is 24.5 Å². The Hall–Kier alpha value is -0.120. The fourth-order valence-corrected chi connectivity index (χ4v) is 1.95. The van der Waals surface area contributed by atoms with E-state index in [1.54, 1.807) is 0 Å². The SMILES string of the molecule is CCN(CC)CCN[C@@H]1CCO[C@H]1C. The van der Waals surface area contributed by atoms with Gasteiger partial charge in [-0.05, 0) is 26.4 Å². The number of hydrogen-bond acceptors (Lipinski definition) is 3. The third kappa shape index (κ3) is 3.56. The van der Waals surface area contributed by atoms with E-state index >= 15 is 0 Å². The summed E-state index contributed by atoms with van der Waals surface area (Å²) in [6.07, 6.45) is 1.56. The largest absolute Gasteiger partial charge is 0.377 e. The van der Waals surface area contributed by atoms with Gasteiger partial charge >= 0.3 is 0 Å². The second kappa shape index (κ2) is 6.38. The first kappa shape index (κ1) is 12.0. The molecule has 0 radical (unpaired) electrons. The lowest BCUT2D eigenvalue weighted by Gasteiger charge is -2.21. The van der Waals surface area contributed by atoms with Crippen LogP contribution in [0, 0.1) is 0 Å². The molecule has 0 spiro atoms. The van der Waals surface area contributed by atoms with Crippen LogP contribution in [0.5, 0.6) is 0 Å². The zero-order valence-electron chi connectivity index (χ0n) is 9.75. The third-order valence-corrected chi connectivity index (χ3v) is 3.11. The molecule has 3 nitrogen and oxygen atoms in total. The Morgan fingerprint density at radius 2 is 2.07 bits per heavy atom. The zero-order valence-corrected chi connectivity index (χ0v) is 9.75. The summed E-state index contributed by atoms with van der Waals surface area (Å²) < 4.78 is 5.50. The molecule has 0 aromatic heterocycles. The molecule has 0 unspecified atom stereocenters. The summed E-state index contributed by atoms with van der Waals surface area (Å²) in [6.45, 7) is 12.0. The average molecular weight is 200 g/mol. The molecule has 0 amide bonds. The van der Waals surface area contributed by atoms with Crippen molar-refractivity contribution in [3.05, 3.63) is 0 Å². The van der Waals surface area contributed by atoms with Gasteiger partial charge in [-0.2, -0.15) is 0 Å². The Bertz CT molecular complexity index is 148. The molecule has 0 aromatic carbocycles. The molecule has 1 heterocycles. The molecular formula is C11H24N2O. The summed E-state index contributed by atoms with van der Waals surface area (Å²) in [7, 11) is 0. The Kier molecular flexibility index (Phi) is 5.45. The summed E-state index contributed by atoms with van der Waals surface area (Å²) >= 11 is 0. The van der Waals surface area contributed by atoms with Gasteiger partial charge in [-0.3, -0.25) is 0 Å². The maximum Gasteiger partial charge on any atom is 0.0700 e. The maximum atomic E-state index is 5.50. The van der Waals surface area contributed by atoms with Gasteiger partial charge in [0.15, 0.2) is 0 Å². The van der Waals surface area contributed by atoms with E-state index in [1.807, 2.05) is 0 Å². The van der Waals surface area contributed by atoms with Crippen molar-refractivity contribution in [3.8, 4) is 0 Å². The van der Waals surface area contributed by atoms with Crippen molar-refractivity contribution >= 4 is 0 Å². The van der Waals surface area contributed by atoms with Crippen LogP contribution in [0.1, 0.15) is 27.2 Å². The Labute approximate surface area is 87.8 Å². The summed E-state index contributed by atoms with van der Waals surface area (Å²) in [5.74, 6) is 0. The Balaban J connectivity index is 2.08. The molecule has 1 rings (SSSR count). The van der Waals surface area contributed by atoms with E-state index in [4.69, 9.17) is 4.74 Å². The Morgan fingerprint density at radius 1 is 1.36 bits per heavy atom. The molecule has 14 heavy (non-hydrogen) atoms. The minimum absolute atomic E-state index is 0.395. The van der Waals surface area contributed by atoms with Crippen LogP contribution in [0.25, 0.3) is 0 Å². The lowest BCUT2D eigenvalue weighted by atomic mass is 10.1. The van der Waals surface area contributed by atoms with E-state index in [9.17, 15) is 0 Å². The van der Waals surface area contributed by atoms with Crippen LogP contribution in [0.15, 0.2) is 0 Å². The second-order valence-corrected chi connectivity index (χ2v) is 3.95. The smallest absolute Gasteiger partial charge is 0.0700 e. The van der Waals surface area contributed by atoms with Gasteiger partial charge in [0.05, 0.1) is 6.10 Å². The van der Waals surface area contributed by atoms with Crippen LogP contribution in [0.2, 0.25) is 0 Å². The predicted molar refractivity (Wildman–Crippen MR) is 59.6 cm³/mol. The summed E-state index contributed by atoms with van der Waals surface area (Å²) in [6, 6.07) is 0.575. The first-order chi connectivity index (χ1) is 6.77. The molecule has 84 valence electrons. The molecule has 0 aliphatic carbocycles. The van der Waals surface area contributed by atoms with Crippen molar-refractivity contribution in [1.29, 1.82) is 0 Å². The van der Waals surface area contributed by atoms with Crippen molar-refractivity contribution < 1.29 is 4.74 Å². The zero-order chi connectivity index (χ0) is 10.4. The van der Waals surface area contributed by atoms with Crippen molar-refractivity contribution in [3.63, 3.8) is 0 Å². The summed E-state index contributed by atoms with van der Waals surface area (Å²) in [5.41, 5.74) is 0. The minimum atomic E-state index is 0.395. The fourth-order valence-electron chi connectivity index (χ4n) is 1.95. The maximum absolute atomic E-state index is 5.50. The van der Waals surface area contributed by atoms with E-state index in [1.165, 1.54) is 6.42 Å². The highest BCUT2D eigenvalue weighted by Crippen LogP contribution is 2.11. The number of rotatable bonds is 6. The van der Waals surface area contributed by atoms with Crippen molar-refractivity contribution in [2.24, 2.45) is 0 Å². The van der Waals surface area contributed by atoms with Gasteiger partial charge in [0.25, 0.3) is 0 Å². The fraction of sp³-hybridized carbons (Fsp3) is 1.00. The van der Waals surface area contributed by atoms with Gasteiger partial charge in [0.2, 0.25) is 0 Å².